The number of sulfonamides is 1. The molecule has 15 heavy (non-hydrogen) atoms. The SMILES string of the molecule is Nc1ccc(S(N)(=O)=O)c2cccnc12. The van der Waals surface area contributed by atoms with Crippen LogP contribution in [0, 0.1) is 0 Å². The van der Waals surface area contributed by atoms with E-state index in [1.807, 2.05) is 0 Å². The van der Waals surface area contributed by atoms with Gasteiger partial charge in [-0.15, -0.1) is 0 Å². The maximum atomic E-state index is 11.3. The molecule has 0 atom stereocenters. The van der Waals surface area contributed by atoms with E-state index < -0.39 is 10.0 Å². The van der Waals surface area contributed by atoms with Crippen molar-refractivity contribution in [3.63, 3.8) is 0 Å². The van der Waals surface area contributed by atoms with Crippen LogP contribution in [0.1, 0.15) is 0 Å². The molecule has 0 fully saturated rings. The summed E-state index contributed by atoms with van der Waals surface area (Å²) in [6.45, 7) is 0. The molecule has 4 N–H and O–H groups in total. The van der Waals surface area contributed by atoms with Crippen molar-refractivity contribution in [1.82, 2.24) is 4.98 Å². The molecule has 0 amide bonds. The summed E-state index contributed by atoms with van der Waals surface area (Å²) < 4.78 is 22.5. The molecular formula is C9H9N3O2S. The lowest BCUT2D eigenvalue weighted by molar-refractivity contribution is 0.598. The first-order valence-electron chi connectivity index (χ1n) is 4.16. The quantitative estimate of drug-likeness (QED) is 0.686. The molecule has 2 rings (SSSR count). The van der Waals surface area contributed by atoms with Crippen LogP contribution in [0.2, 0.25) is 0 Å². The van der Waals surface area contributed by atoms with Gasteiger partial charge in [0.15, 0.2) is 0 Å². The first kappa shape index (κ1) is 9.88. The standard InChI is InChI=1S/C9H9N3O2S/c10-7-3-4-8(15(11,13)14)6-2-1-5-12-9(6)7/h1-5H,10H2,(H2,11,13,14). The normalized spacial score (nSPS) is 11.8. The largest absolute Gasteiger partial charge is 0.397 e. The third-order valence-electron chi connectivity index (χ3n) is 2.07. The third-order valence-corrected chi connectivity index (χ3v) is 3.04. The van der Waals surface area contributed by atoms with Crippen molar-refractivity contribution in [3.05, 3.63) is 30.5 Å². The summed E-state index contributed by atoms with van der Waals surface area (Å²) in [6, 6.07) is 6.12. The minimum atomic E-state index is -3.74. The monoisotopic (exact) mass is 223 g/mol. The fraction of sp³-hybridized carbons (Fsp3) is 0. The minimum absolute atomic E-state index is 0.0415. The topological polar surface area (TPSA) is 99.1 Å². The second-order valence-corrected chi connectivity index (χ2v) is 4.63. The van der Waals surface area contributed by atoms with E-state index in [1.165, 1.54) is 12.1 Å². The van der Waals surface area contributed by atoms with Crippen molar-refractivity contribution in [2.24, 2.45) is 5.14 Å². The van der Waals surface area contributed by atoms with E-state index in [2.05, 4.69) is 4.98 Å². The van der Waals surface area contributed by atoms with Crippen LogP contribution in [0.5, 0.6) is 0 Å². The molecule has 78 valence electrons. The van der Waals surface area contributed by atoms with Gasteiger partial charge < -0.3 is 5.73 Å². The highest BCUT2D eigenvalue weighted by molar-refractivity contribution is 7.89. The second-order valence-electron chi connectivity index (χ2n) is 3.10. The molecule has 0 aliphatic rings. The average molecular weight is 223 g/mol. The number of nitrogens with zero attached hydrogens (tertiary/aromatic N) is 1. The molecule has 1 heterocycles. The first-order valence-corrected chi connectivity index (χ1v) is 5.71. The van der Waals surface area contributed by atoms with Gasteiger partial charge in [-0.05, 0) is 24.3 Å². The molecule has 0 saturated heterocycles. The van der Waals surface area contributed by atoms with Gasteiger partial charge in [-0.3, -0.25) is 4.98 Å². The predicted molar refractivity (Wildman–Crippen MR) is 57.5 cm³/mol. The highest BCUT2D eigenvalue weighted by atomic mass is 32.2. The molecule has 0 saturated carbocycles. The van der Waals surface area contributed by atoms with Gasteiger partial charge in [0.05, 0.1) is 16.1 Å². The van der Waals surface area contributed by atoms with E-state index in [0.717, 1.165) is 0 Å². The summed E-state index contributed by atoms with van der Waals surface area (Å²) in [4.78, 5) is 4.05. The number of nitrogens with two attached hydrogens (primary N) is 2. The highest BCUT2D eigenvalue weighted by Gasteiger charge is 2.13. The van der Waals surface area contributed by atoms with E-state index in [4.69, 9.17) is 10.9 Å². The molecule has 0 spiro atoms. The summed E-state index contributed by atoms with van der Waals surface area (Å²) in [7, 11) is -3.74. The molecule has 1 aromatic heterocycles. The number of pyridine rings is 1. The Hall–Kier alpha value is -1.66. The fourth-order valence-electron chi connectivity index (χ4n) is 1.42. The molecule has 0 aliphatic carbocycles. The number of aromatic nitrogens is 1. The number of primary sulfonamides is 1. The summed E-state index contributed by atoms with van der Waals surface area (Å²) in [5.74, 6) is 0. The Balaban J connectivity index is 2.96. The fourth-order valence-corrected chi connectivity index (χ4v) is 2.15. The number of fused-ring (bicyclic) bond motifs is 1. The smallest absolute Gasteiger partial charge is 0.238 e. The Kier molecular flexibility index (Phi) is 2.09. The van der Waals surface area contributed by atoms with Crippen LogP contribution >= 0.6 is 0 Å². The lowest BCUT2D eigenvalue weighted by atomic mass is 10.2. The number of rotatable bonds is 1. The zero-order valence-corrected chi connectivity index (χ0v) is 8.53. The lowest BCUT2D eigenvalue weighted by Gasteiger charge is -2.05. The Morgan fingerprint density at radius 2 is 1.93 bits per heavy atom. The van der Waals surface area contributed by atoms with E-state index in [0.29, 0.717) is 16.6 Å². The summed E-state index contributed by atoms with van der Waals surface area (Å²) >= 11 is 0. The van der Waals surface area contributed by atoms with E-state index in [9.17, 15) is 8.42 Å². The number of benzene rings is 1. The van der Waals surface area contributed by atoms with E-state index >= 15 is 0 Å². The first-order chi connectivity index (χ1) is 7.00. The van der Waals surface area contributed by atoms with Gasteiger partial charge in [0.1, 0.15) is 0 Å². The Morgan fingerprint density at radius 1 is 1.20 bits per heavy atom. The molecule has 1 aromatic carbocycles. The van der Waals surface area contributed by atoms with Crippen LogP contribution in [0.4, 0.5) is 5.69 Å². The van der Waals surface area contributed by atoms with Crippen molar-refractivity contribution in [2.75, 3.05) is 5.73 Å². The van der Waals surface area contributed by atoms with E-state index in [-0.39, 0.29) is 4.90 Å². The molecule has 6 heteroatoms. The van der Waals surface area contributed by atoms with Crippen LogP contribution in [-0.4, -0.2) is 13.4 Å². The van der Waals surface area contributed by atoms with Gasteiger partial charge >= 0.3 is 0 Å². The van der Waals surface area contributed by atoms with Gasteiger partial charge in [-0.1, -0.05) is 0 Å². The average Bonchev–Trinajstić information content (AvgIpc) is 2.17. The molecular weight excluding hydrogens is 214 g/mol. The Morgan fingerprint density at radius 3 is 2.60 bits per heavy atom. The van der Waals surface area contributed by atoms with Crippen LogP contribution < -0.4 is 10.9 Å². The van der Waals surface area contributed by atoms with Crippen molar-refractivity contribution < 1.29 is 8.42 Å². The molecule has 0 bridgehead atoms. The highest BCUT2D eigenvalue weighted by Crippen LogP contribution is 2.24. The zero-order valence-electron chi connectivity index (χ0n) is 7.71. The van der Waals surface area contributed by atoms with E-state index in [1.54, 1.807) is 18.3 Å². The van der Waals surface area contributed by atoms with Crippen molar-refractivity contribution in [1.29, 1.82) is 0 Å². The van der Waals surface area contributed by atoms with Crippen LogP contribution in [0.15, 0.2) is 35.4 Å². The molecule has 5 nitrogen and oxygen atoms in total. The molecule has 0 radical (unpaired) electrons. The lowest BCUT2D eigenvalue weighted by Crippen LogP contribution is -2.13. The molecule has 2 aromatic rings. The number of anilines is 1. The van der Waals surface area contributed by atoms with Gasteiger partial charge in [-0.25, -0.2) is 13.6 Å². The van der Waals surface area contributed by atoms with Crippen LogP contribution in [0.25, 0.3) is 10.9 Å². The van der Waals surface area contributed by atoms with Gasteiger partial charge in [0.2, 0.25) is 10.0 Å². The predicted octanol–water partition coefficient (Wildman–Crippen LogP) is 0.464. The van der Waals surface area contributed by atoms with Gasteiger partial charge in [0, 0.05) is 11.6 Å². The zero-order chi connectivity index (χ0) is 11.1. The summed E-state index contributed by atoms with van der Waals surface area (Å²) in [5, 5.41) is 5.52. The van der Waals surface area contributed by atoms with Crippen molar-refractivity contribution in [3.8, 4) is 0 Å². The molecule has 0 aliphatic heterocycles. The summed E-state index contributed by atoms with van der Waals surface area (Å²) in [6.07, 6.45) is 1.55. The van der Waals surface area contributed by atoms with Crippen molar-refractivity contribution >= 4 is 26.6 Å². The number of nitrogen functional groups attached to an aromatic ring is 1. The van der Waals surface area contributed by atoms with Crippen LogP contribution in [0.3, 0.4) is 0 Å². The second kappa shape index (κ2) is 3.18. The number of hydrogen-bond acceptors (Lipinski definition) is 4. The van der Waals surface area contributed by atoms with Crippen molar-refractivity contribution in [2.45, 2.75) is 4.90 Å². The number of hydrogen-bond donors (Lipinski definition) is 2. The minimum Gasteiger partial charge on any atom is -0.397 e. The maximum absolute atomic E-state index is 11.3. The van der Waals surface area contributed by atoms with Crippen LogP contribution in [-0.2, 0) is 10.0 Å². The maximum Gasteiger partial charge on any atom is 0.238 e. The Bertz CT molecular complexity index is 622. The third kappa shape index (κ3) is 1.64. The Labute approximate surface area is 86.8 Å². The molecule has 0 unspecified atom stereocenters. The van der Waals surface area contributed by atoms with Gasteiger partial charge in [0.25, 0.3) is 0 Å². The summed E-state index contributed by atoms with van der Waals surface area (Å²) in [5.41, 5.74) is 6.55. The van der Waals surface area contributed by atoms with Gasteiger partial charge in [-0.2, -0.15) is 0 Å².